The van der Waals surface area contributed by atoms with Crippen LogP contribution in [0.1, 0.15) is 16.9 Å². The molecule has 0 aliphatic carbocycles. The Labute approximate surface area is 126 Å². The van der Waals surface area contributed by atoms with Crippen LogP contribution in [-0.2, 0) is 10.0 Å². The fraction of sp³-hybridized carbons (Fsp3) is 0.250. The van der Waals surface area contributed by atoms with Crippen LogP contribution >= 0.6 is 11.6 Å². The van der Waals surface area contributed by atoms with Crippen LogP contribution in [-0.4, -0.2) is 37.6 Å². The van der Waals surface area contributed by atoms with E-state index in [1.807, 2.05) is 0 Å². The first-order chi connectivity index (χ1) is 9.86. The zero-order valence-corrected chi connectivity index (χ0v) is 12.5. The van der Waals surface area contributed by atoms with Crippen molar-refractivity contribution in [3.8, 4) is 0 Å². The molecule has 1 amide bonds. The van der Waals surface area contributed by atoms with Crippen LogP contribution in [0.25, 0.3) is 10.9 Å². The van der Waals surface area contributed by atoms with E-state index in [1.165, 1.54) is 6.07 Å². The van der Waals surface area contributed by atoms with Crippen molar-refractivity contribution >= 4 is 38.4 Å². The molecule has 9 heteroatoms. The van der Waals surface area contributed by atoms with Gasteiger partial charge in [-0.05, 0) is 24.6 Å². The number of hydrogen-bond acceptors (Lipinski definition) is 4. The number of H-pyrrole nitrogens is 1. The van der Waals surface area contributed by atoms with Crippen LogP contribution in [0.3, 0.4) is 0 Å². The molecule has 0 saturated heterocycles. The van der Waals surface area contributed by atoms with E-state index in [0.29, 0.717) is 10.5 Å². The number of aliphatic hydroxyl groups excluding tert-OH is 1. The molecule has 114 valence electrons. The van der Waals surface area contributed by atoms with Gasteiger partial charge in [-0.25, -0.2) is 13.1 Å². The quantitative estimate of drug-likeness (QED) is 0.578. The van der Waals surface area contributed by atoms with E-state index >= 15 is 0 Å². The van der Waals surface area contributed by atoms with Gasteiger partial charge in [-0.1, -0.05) is 11.6 Å². The second-order valence-corrected chi connectivity index (χ2v) is 6.50. The van der Waals surface area contributed by atoms with Gasteiger partial charge in [-0.15, -0.1) is 0 Å². The second kappa shape index (κ2) is 6.02. The normalized spacial score (nSPS) is 11.9. The topological polar surface area (TPSA) is 125 Å². The van der Waals surface area contributed by atoms with Gasteiger partial charge in [0, 0.05) is 29.1 Å². The lowest BCUT2D eigenvalue weighted by molar-refractivity contribution is 0.0993. The van der Waals surface area contributed by atoms with Gasteiger partial charge < -0.3 is 15.8 Å². The molecule has 0 radical (unpaired) electrons. The van der Waals surface area contributed by atoms with E-state index < -0.39 is 15.9 Å². The zero-order valence-electron chi connectivity index (χ0n) is 10.9. The third kappa shape index (κ3) is 3.18. The molecule has 0 unspecified atom stereocenters. The fourth-order valence-electron chi connectivity index (χ4n) is 1.95. The molecule has 0 fully saturated rings. The molecule has 0 aliphatic rings. The Hall–Kier alpha value is -1.61. The third-order valence-electron chi connectivity index (χ3n) is 2.86. The molecule has 2 rings (SSSR count). The van der Waals surface area contributed by atoms with Crippen molar-refractivity contribution in [3.05, 3.63) is 28.9 Å². The number of fused-ring (bicyclic) bond motifs is 1. The summed E-state index contributed by atoms with van der Waals surface area (Å²) < 4.78 is 27.0. The second-order valence-electron chi connectivity index (χ2n) is 4.36. The van der Waals surface area contributed by atoms with E-state index in [4.69, 9.17) is 22.4 Å². The van der Waals surface area contributed by atoms with Gasteiger partial charge >= 0.3 is 0 Å². The summed E-state index contributed by atoms with van der Waals surface area (Å²) in [5, 5.41) is 9.33. The summed E-state index contributed by atoms with van der Waals surface area (Å²) in [6.45, 7) is -0.102. The number of benzene rings is 1. The Morgan fingerprint density at radius 3 is 2.76 bits per heavy atom. The Balaban J connectivity index is 2.62. The number of halogens is 1. The Bertz CT molecular complexity index is 785. The number of carbonyl (C=O) groups excluding carboxylic acids is 1. The van der Waals surface area contributed by atoms with Crippen LogP contribution in [0.2, 0.25) is 5.02 Å². The van der Waals surface area contributed by atoms with Gasteiger partial charge in [0.1, 0.15) is 10.6 Å². The highest BCUT2D eigenvalue weighted by Crippen LogP contribution is 2.29. The highest BCUT2D eigenvalue weighted by molar-refractivity contribution is 7.89. The number of sulfonamides is 1. The summed E-state index contributed by atoms with van der Waals surface area (Å²) in [5.74, 6) is -0.884. The van der Waals surface area contributed by atoms with Crippen molar-refractivity contribution in [2.75, 3.05) is 13.2 Å². The van der Waals surface area contributed by atoms with E-state index in [1.54, 1.807) is 12.1 Å². The minimum Gasteiger partial charge on any atom is -0.396 e. The number of nitrogens with one attached hydrogen (secondary N) is 2. The molecular weight excluding hydrogens is 318 g/mol. The number of rotatable bonds is 6. The van der Waals surface area contributed by atoms with Gasteiger partial charge in [0.25, 0.3) is 5.91 Å². The predicted octanol–water partition coefficient (Wildman–Crippen LogP) is 0.581. The molecule has 0 saturated carbocycles. The van der Waals surface area contributed by atoms with E-state index in [9.17, 15) is 13.2 Å². The maximum atomic E-state index is 12.4. The predicted molar refractivity (Wildman–Crippen MR) is 78.7 cm³/mol. The Morgan fingerprint density at radius 2 is 2.14 bits per heavy atom. The number of aromatic nitrogens is 1. The van der Waals surface area contributed by atoms with Crippen molar-refractivity contribution in [3.63, 3.8) is 0 Å². The fourth-order valence-corrected chi connectivity index (χ4v) is 3.56. The number of amides is 1. The van der Waals surface area contributed by atoms with E-state index in [0.717, 1.165) is 0 Å². The highest BCUT2D eigenvalue weighted by atomic mass is 35.5. The average Bonchev–Trinajstić information content (AvgIpc) is 2.78. The average molecular weight is 332 g/mol. The molecule has 0 bridgehead atoms. The summed E-state index contributed by atoms with van der Waals surface area (Å²) in [7, 11) is -3.96. The highest BCUT2D eigenvalue weighted by Gasteiger charge is 2.26. The van der Waals surface area contributed by atoms with Crippen molar-refractivity contribution in [1.82, 2.24) is 9.71 Å². The Kier molecular flexibility index (Phi) is 4.52. The van der Waals surface area contributed by atoms with Gasteiger partial charge in [-0.2, -0.15) is 0 Å². The molecule has 5 N–H and O–H groups in total. The summed E-state index contributed by atoms with van der Waals surface area (Å²) in [6.07, 6.45) is 0.258. The molecule has 1 heterocycles. The molecule has 7 nitrogen and oxygen atoms in total. The molecule has 21 heavy (non-hydrogen) atoms. The van der Waals surface area contributed by atoms with Gasteiger partial charge in [0.15, 0.2) is 0 Å². The van der Waals surface area contributed by atoms with Crippen LogP contribution in [0.4, 0.5) is 0 Å². The number of nitrogens with two attached hydrogens (primary N) is 1. The largest absolute Gasteiger partial charge is 0.396 e. The van der Waals surface area contributed by atoms with Crippen LogP contribution in [0, 0.1) is 0 Å². The zero-order chi connectivity index (χ0) is 15.6. The molecule has 1 aromatic heterocycles. The van der Waals surface area contributed by atoms with Gasteiger partial charge in [0.05, 0.1) is 0 Å². The summed E-state index contributed by atoms with van der Waals surface area (Å²) in [4.78, 5) is 13.9. The standard InChI is InChI=1S/C12H14ClN3O4S/c13-7-2-3-9-8(6-7)11(10(16-9)12(14)18)21(19,20)15-4-1-5-17/h2-3,6,15-17H,1,4-5H2,(H2,14,18). The smallest absolute Gasteiger partial charge is 0.266 e. The van der Waals surface area contributed by atoms with Crippen molar-refractivity contribution in [2.45, 2.75) is 11.3 Å². The van der Waals surface area contributed by atoms with Crippen molar-refractivity contribution in [2.24, 2.45) is 5.73 Å². The lowest BCUT2D eigenvalue weighted by Crippen LogP contribution is -2.27. The lowest BCUT2D eigenvalue weighted by atomic mass is 10.2. The molecule has 2 aromatic rings. The van der Waals surface area contributed by atoms with Crippen molar-refractivity contribution in [1.29, 1.82) is 0 Å². The first kappa shape index (κ1) is 15.8. The maximum Gasteiger partial charge on any atom is 0.266 e. The summed E-state index contributed by atoms with van der Waals surface area (Å²) >= 11 is 5.88. The first-order valence-corrected chi connectivity index (χ1v) is 7.94. The number of primary amides is 1. The maximum absolute atomic E-state index is 12.4. The van der Waals surface area contributed by atoms with Gasteiger partial charge in [0.2, 0.25) is 10.0 Å². The third-order valence-corrected chi connectivity index (χ3v) is 4.64. The number of aliphatic hydroxyl groups is 1. The van der Waals surface area contributed by atoms with Gasteiger partial charge in [-0.3, -0.25) is 4.79 Å². The number of aromatic amines is 1. The summed E-state index contributed by atoms with van der Waals surface area (Å²) in [5.41, 5.74) is 5.47. The van der Waals surface area contributed by atoms with E-state index in [2.05, 4.69) is 9.71 Å². The molecule has 1 aromatic carbocycles. The van der Waals surface area contributed by atoms with E-state index in [-0.39, 0.29) is 35.5 Å². The SMILES string of the molecule is NC(=O)c1[nH]c2ccc(Cl)cc2c1S(=O)(=O)NCCCO. The monoisotopic (exact) mass is 331 g/mol. The number of carbonyl (C=O) groups is 1. The van der Waals surface area contributed by atoms with Crippen LogP contribution in [0.15, 0.2) is 23.1 Å². The first-order valence-electron chi connectivity index (χ1n) is 6.08. The van der Waals surface area contributed by atoms with Crippen LogP contribution < -0.4 is 10.5 Å². The number of hydrogen-bond donors (Lipinski definition) is 4. The molecular formula is C12H14ClN3O4S. The minimum atomic E-state index is -3.96. The Morgan fingerprint density at radius 1 is 1.43 bits per heavy atom. The van der Waals surface area contributed by atoms with Crippen molar-refractivity contribution < 1.29 is 18.3 Å². The summed E-state index contributed by atoms with van der Waals surface area (Å²) in [6, 6.07) is 4.58. The molecule has 0 aliphatic heterocycles. The molecule has 0 spiro atoms. The van der Waals surface area contributed by atoms with Crippen LogP contribution in [0.5, 0.6) is 0 Å². The molecule has 0 atom stereocenters. The minimum absolute atomic E-state index is 0.0459. The lowest BCUT2D eigenvalue weighted by Gasteiger charge is -2.06.